The average Bonchev–Trinajstić information content (AvgIpc) is 2.52. The average molecular weight is 272 g/mol. The van der Waals surface area contributed by atoms with E-state index in [4.69, 9.17) is 10.00 Å². The molecule has 0 unspecified atom stereocenters. The Morgan fingerprint density at radius 1 is 1.25 bits per heavy atom. The molecule has 1 amide bonds. The molecular weight excluding hydrogens is 252 g/mol. The van der Waals surface area contributed by atoms with Gasteiger partial charge in [0.05, 0.1) is 11.6 Å². The Hall–Kier alpha value is -2.02. The number of hydrogen-bond acceptors (Lipinski definition) is 3. The van der Waals surface area contributed by atoms with Crippen LogP contribution in [0.1, 0.15) is 37.7 Å². The maximum absolute atomic E-state index is 11.7. The molecule has 0 spiro atoms. The molecule has 106 valence electrons. The summed E-state index contributed by atoms with van der Waals surface area (Å²) in [5.41, 5.74) is 0.583. The van der Waals surface area contributed by atoms with Crippen molar-refractivity contribution in [3.63, 3.8) is 0 Å². The largest absolute Gasteiger partial charge is 0.484 e. The second kappa shape index (κ2) is 7.54. The van der Waals surface area contributed by atoms with Gasteiger partial charge in [0.25, 0.3) is 5.91 Å². The van der Waals surface area contributed by atoms with E-state index >= 15 is 0 Å². The van der Waals surface area contributed by atoms with Gasteiger partial charge < -0.3 is 10.1 Å². The van der Waals surface area contributed by atoms with Gasteiger partial charge in [0.2, 0.25) is 0 Å². The number of carbonyl (C=O) groups is 1. The van der Waals surface area contributed by atoms with E-state index in [1.807, 2.05) is 6.07 Å². The van der Waals surface area contributed by atoms with Crippen LogP contribution in [0.4, 0.5) is 0 Å². The van der Waals surface area contributed by atoms with Crippen molar-refractivity contribution in [3.05, 3.63) is 29.8 Å². The summed E-state index contributed by atoms with van der Waals surface area (Å²) in [4.78, 5) is 11.7. The van der Waals surface area contributed by atoms with Gasteiger partial charge >= 0.3 is 0 Å². The first-order valence-corrected chi connectivity index (χ1v) is 7.17. The minimum atomic E-state index is -0.0834. The highest BCUT2D eigenvalue weighted by Crippen LogP contribution is 2.22. The van der Waals surface area contributed by atoms with Crippen molar-refractivity contribution in [1.82, 2.24) is 5.32 Å². The number of amides is 1. The molecule has 4 heteroatoms. The van der Waals surface area contributed by atoms with Crippen LogP contribution in [-0.2, 0) is 4.79 Å². The predicted octanol–water partition coefficient (Wildman–Crippen LogP) is 2.63. The molecule has 0 aliphatic heterocycles. The van der Waals surface area contributed by atoms with Gasteiger partial charge in [0, 0.05) is 6.54 Å². The quantitative estimate of drug-likeness (QED) is 0.896. The summed E-state index contributed by atoms with van der Waals surface area (Å²) in [6, 6.07) is 8.80. The molecule has 20 heavy (non-hydrogen) atoms. The zero-order chi connectivity index (χ0) is 14.2. The Morgan fingerprint density at radius 3 is 2.60 bits per heavy atom. The number of nitriles is 1. The van der Waals surface area contributed by atoms with E-state index < -0.39 is 0 Å². The molecule has 1 aromatic rings. The van der Waals surface area contributed by atoms with E-state index in [0.717, 1.165) is 6.54 Å². The topological polar surface area (TPSA) is 62.1 Å². The van der Waals surface area contributed by atoms with Crippen molar-refractivity contribution in [3.8, 4) is 11.8 Å². The van der Waals surface area contributed by atoms with E-state index in [9.17, 15) is 4.79 Å². The van der Waals surface area contributed by atoms with Crippen LogP contribution in [0.3, 0.4) is 0 Å². The maximum atomic E-state index is 11.7. The highest BCUT2D eigenvalue weighted by molar-refractivity contribution is 5.77. The van der Waals surface area contributed by atoms with Gasteiger partial charge in [-0.3, -0.25) is 4.79 Å². The second-order valence-electron chi connectivity index (χ2n) is 5.23. The Bertz CT molecular complexity index is 470. The Balaban J connectivity index is 1.67. The van der Waals surface area contributed by atoms with Crippen molar-refractivity contribution in [1.29, 1.82) is 5.26 Å². The number of nitrogens with zero attached hydrogens (tertiary/aromatic N) is 1. The van der Waals surface area contributed by atoms with Crippen LogP contribution >= 0.6 is 0 Å². The van der Waals surface area contributed by atoms with Crippen LogP contribution in [0.5, 0.6) is 5.75 Å². The van der Waals surface area contributed by atoms with Crippen LogP contribution in [0.15, 0.2) is 24.3 Å². The summed E-state index contributed by atoms with van der Waals surface area (Å²) in [6.07, 6.45) is 6.32. The Kier molecular flexibility index (Phi) is 5.43. The molecule has 0 atom stereocenters. The normalized spacial score (nSPS) is 15.3. The van der Waals surface area contributed by atoms with E-state index in [1.54, 1.807) is 24.3 Å². The van der Waals surface area contributed by atoms with E-state index in [-0.39, 0.29) is 12.5 Å². The molecule has 0 aromatic heterocycles. The number of nitrogens with one attached hydrogen (secondary N) is 1. The molecule has 1 fully saturated rings. The SMILES string of the molecule is N#Cc1ccc(OCC(=O)NCC2CCCCC2)cc1. The smallest absolute Gasteiger partial charge is 0.257 e. The third-order valence-corrected chi connectivity index (χ3v) is 3.67. The second-order valence-corrected chi connectivity index (χ2v) is 5.23. The molecule has 1 saturated carbocycles. The molecule has 0 heterocycles. The molecule has 1 aliphatic carbocycles. The molecule has 0 bridgehead atoms. The summed E-state index contributed by atoms with van der Waals surface area (Å²) in [6.45, 7) is 0.786. The van der Waals surface area contributed by atoms with E-state index in [0.29, 0.717) is 17.2 Å². The number of rotatable bonds is 5. The van der Waals surface area contributed by atoms with Gasteiger partial charge in [-0.2, -0.15) is 5.26 Å². The first-order chi connectivity index (χ1) is 9.78. The van der Waals surface area contributed by atoms with Gasteiger partial charge in [0.15, 0.2) is 6.61 Å². The minimum Gasteiger partial charge on any atom is -0.484 e. The van der Waals surface area contributed by atoms with Crippen LogP contribution in [0.2, 0.25) is 0 Å². The number of hydrogen-bond donors (Lipinski definition) is 1. The Morgan fingerprint density at radius 2 is 1.95 bits per heavy atom. The third-order valence-electron chi connectivity index (χ3n) is 3.67. The summed E-state index contributed by atoms with van der Waals surface area (Å²) in [5, 5.41) is 11.6. The molecule has 0 saturated heterocycles. The standard InChI is InChI=1S/C16H20N2O2/c17-10-13-6-8-15(9-7-13)20-12-16(19)18-11-14-4-2-1-3-5-14/h6-9,14H,1-5,11-12H2,(H,18,19). The zero-order valence-corrected chi connectivity index (χ0v) is 11.6. The van der Waals surface area contributed by atoms with Gasteiger partial charge in [-0.05, 0) is 43.0 Å². The van der Waals surface area contributed by atoms with Gasteiger partial charge in [-0.1, -0.05) is 19.3 Å². The van der Waals surface area contributed by atoms with Crippen molar-refractivity contribution >= 4 is 5.91 Å². The first-order valence-electron chi connectivity index (χ1n) is 7.17. The summed E-state index contributed by atoms with van der Waals surface area (Å²) in [5.74, 6) is 1.15. The van der Waals surface area contributed by atoms with E-state index in [1.165, 1.54) is 32.1 Å². The summed E-state index contributed by atoms with van der Waals surface area (Å²) >= 11 is 0. The van der Waals surface area contributed by atoms with Gasteiger partial charge in [-0.15, -0.1) is 0 Å². The fourth-order valence-electron chi connectivity index (χ4n) is 2.48. The molecule has 0 radical (unpaired) electrons. The molecule has 1 aromatic carbocycles. The highest BCUT2D eigenvalue weighted by atomic mass is 16.5. The number of carbonyl (C=O) groups excluding carboxylic acids is 1. The lowest BCUT2D eigenvalue weighted by atomic mass is 9.89. The monoisotopic (exact) mass is 272 g/mol. The number of benzene rings is 1. The van der Waals surface area contributed by atoms with Crippen LogP contribution in [0, 0.1) is 17.2 Å². The lowest BCUT2D eigenvalue weighted by Gasteiger charge is -2.21. The molecule has 1 aliphatic rings. The fraction of sp³-hybridized carbons (Fsp3) is 0.500. The van der Waals surface area contributed by atoms with Crippen LogP contribution in [-0.4, -0.2) is 19.1 Å². The van der Waals surface area contributed by atoms with Crippen molar-refractivity contribution in [2.75, 3.05) is 13.2 Å². The van der Waals surface area contributed by atoms with Gasteiger partial charge in [0.1, 0.15) is 5.75 Å². The van der Waals surface area contributed by atoms with Gasteiger partial charge in [-0.25, -0.2) is 0 Å². The lowest BCUT2D eigenvalue weighted by molar-refractivity contribution is -0.123. The maximum Gasteiger partial charge on any atom is 0.257 e. The Labute approximate surface area is 119 Å². The summed E-state index contributed by atoms with van der Waals surface area (Å²) < 4.78 is 5.39. The molecule has 2 rings (SSSR count). The molecular formula is C16H20N2O2. The van der Waals surface area contributed by atoms with E-state index in [2.05, 4.69) is 5.32 Å². The van der Waals surface area contributed by atoms with Crippen LogP contribution in [0.25, 0.3) is 0 Å². The zero-order valence-electron chi connectivity index (χ0n) is 11.6. The highest BCUT2D eigenvalue weighted by Gasteiger charge is 2.14. The first kappa shape index (κ1) is 14.4. The van der Waals surface area contributed by atoms with Crippen molar-refractivity contribution in [2.24, 2.45) is 5.92 Å². The minimum absolute atomic E-state index is 0.0264. The van der Waals surface area contributed by atoms with Crippen LogP contribution < -0.4 is 10.1 Å². The fourth-order valence-corrected chi connectivity index (χ4v) is 2.48. The predicted molar refractivity (Wildman–Crippen MR) is 76.2 cm³/mol. The molecule has 4 nitrogen and oxygen atoms in total. The molecule has 1 N–H and O–H groups in total. The van der Waals surface area contributed by atoms with Crippen molar-refractivity contribution < 1.29 is 9.53 Å². The number of ether oxygens (including phenoxy) is 1. The van der Waals surface area contributed by atoms with Crippen molar-refractivity contribution in [2.45, 2.75) is 32.1 Å². The lowest BCUT2D eigenvalue weighted by Crippen LogP contribution is -2.33. The summed E-state index contributed by atoms with van der Waals surface area (Å²) in [7, 11) is 0. The third kappa shape index (κ3) is 4.58.